The van der Waals surface area contributed by atoms with E-state index in [-0.39, 0.29) is 34.7 Å². The lowest BCUT2D eigenvalue weighted by Gasteiger charge is -2.34. The Hall–Kier alpha value is -2.81. The molecule has 0 unspecified atom stereocenters. The Labute approximate surface area is 205 Å². The summed E-state index contributed by atoms with van der Waals surface area (Å²) in [5.41, 5.74) is 4.86. The second-order valence-corrected chi connectivity index (χ2v) is 10.9. The molecule has 11 nitrogen and oxygen atoms in total. The summed E-state index contributed by atoms with van der Waals surface area (Å²) in [5.74, 6) is -1.98. The topological polar surface area (TPSA) is 161 Å². The molecule has 1 aromatic heterocycles. The maximum Gasteiger partial charge on any atom is 0.341 e. The monoisotopic (exact) mass is 531 g/mol. The van der Waals surface area contributed by atoms with Crippen molar-refractivity contribution >= 4 is 32.7 Å². The first-order valence-electron chi connectivity index (χ1n) is 11.1. The van der Waals surface area contributed by atoms with Gasteiger partial charge in [0, 0.05) is 38.2 Å². The lowest BCUT2D eigenvalue weighted by atomic mass is 9.85. The van der Waals surface area contributed by atoms with Gasteiger partial charge in [-0.3, -0.25) is 9.35 Å². The Morgan fingerprint density at radius 3 is 2.56 bits per heavy atom. The second kappa shape index (κ2) is 9.25. The van der Waals surface area contributed by atoms with Crippen LogP contribution in [0.4, 0.5) is 14.5 Å². The van der Waals surface area contributed by atoms with E-state index >= 15 is 4.39 Å². The fourth-order valence-electron chi connectivity index (χ4n) is 4.98. The number of carboxylic acids is 1. The molecule has 0 spiro atoms. The summed E-state index contributed by atoms with van der Waals surface area (Å²) in [6.45, 7) is 1.78. The van der Waals surface area contributed by atoms with Crippen molar-refractivity contribution in [3.8, 4) is 5.75 Å². The summed E-state index contributed by atoms with van der Waals surface area (Å²) < 4.78 is 67.7. The number of anilines is 1. The van der Waals surface area contributed by atoms with Gasteiger partial charge in [-0.1, -0.05) is 0 Å². The Morgan fingerprint density at radius 2 is 2.03 bits per heavy atom. The van der Waals surface area contributed by atoms with Crippen LogP contribution in [0, 0.1) is 11.7 Å². The number of alkyl halides is 1. The number of pyridine rings is 1. The molecule has 4 atom stereocenters. The molecule has 1 aromatic carbocycles. The number of fused-ring (bicyclic) bond motifs is 2. The van der Waals surface area contributed by atoms with Crippen LogP contribution in [-0.2, 0) is 14.9 Å². The lowest BCUT2D eigenvalue weighted by Crippen LogP contribution is -2.54. The van der Waals surface area contributed by atoms with Crippen LogP contribution in [0.1, 0.15) is 29.2 Å². The van der Waals surface area contributed by atoms with Crippen LogP contribution >= 0.6 is 0 Å². The number of hydrogen-bond acceptors (Lipinski definition) is 8. The highest BCUT2D eigenvalue weighted by molar-refractivity contribution is 7.85. The van der Waals surface area contributed by atoms with Crippen molar-refractivity contribution in [2.75, 3.05) is 44.6 Å². The summed E-state index contributed by atoms with van der Waals surface area (Å²) in [5, 5.41) is 9.27. The Kier molecular flexibility index (Phi) is 6.75. The van der Waals surface area contributed by atoms with E-state index in [2.05, 4.69) is 0 Å². The molecule has 3 fully saturated rings. The molecule has 14 heteroatoms. The van der Waals surface area contributed by atoms with E-state index in [1.807, 2.05) is 0 Å². The van der Waals surface area contributed by atoms with E-state index in [9.17, 15) is 27.5 Å². The zero-order valence-electron chi connectivity index (χ0n) is 19.6. The number of carbonyl (C=O) groups is 1. The van der Waals surface area contributed by atoms with E-state index in [0.717, 1.165) is 18.7 Å². The Balaban J connectivity index is 0.000000556. The van der Waals surface area contributed by atoms with Crippen LogP contribution in [0.5, 0.6) is 5.75 Å². The molecule has 36 heavy (non-hydrogen) atoms. The molecule has 2 saturated heterocycles. The number of aromatic carboxylic acids is 1. The number of rotatable bonds is 4. The predicted octanol–water partition coefficient (Wildman–Crippen LogP) is 1.19. The van der Waals surface area contributed by atoms with E-state index in [0.29, 0.717) is 32.6 Å². The van der Waals surface area contributed by atoms with Gasteiger partial charge in [0.2, 0.25) is 5.43 Å². The number of nitrogens with two attached hydrogens (primary N) is 1. The average molecular weight is 532 g/mol. The number of benzene rings is 1. The fourth-order valence-corrected chi connectivity index (χ4v) is 4.98. The molecule has 2 aliphatic heterocycles. The van der Waals surface area contributed by atoms with Crippen LogP contribution in [0.3, 0.4) is 0 Å². The number of nitrogens with zero attached hydrogens (tertiary/aromatic N) is 2. The molecule has 3 aliphatic rings. The average Bonchev–Trinajstić information content (AvgIpc) is 3.38. The van der Waals surface area contributed by atoms with Crippen LogP contribution in [0.2, 0.25) is 0 Å². The Morgan fingerprint density at radius 1 is 1.39 bits per heavy atom. The van der Waals surface area contributed by atoms with E-state index in [1.165, 1.54) is 11.7 Å². The van der Waals surface area contributed by atoms with Gasteiger partial charge in [-0.15, -0.1) is 0 Å². The highest BCUT2D eigenvalue weighted by Crippen LogP contribution is 2.47. The van der Waals surface area contributed by atoms with Crippen LogP contribution in [-0.4, -0.2) is 80.0 Å². The van der Waals surface area contributed by atoms with Gasteiger partial charge in [0.15, 0.2) is 11.6 Å². The van der Waals surface area contributed by atoms with Gasteiger partial charge in [0.05, 0.1) is 42.5 Å². The van der Waals surface area contributed by atoms with Crippen molar-refractivity contribution in [3.05, 3.63) is 33.9 Å². The van der Waals surface area contributed by atoms with Gasteiger partial charge >= 0.3 is 5.97 Å². The van der Waals surface area contributed by atoms with Crippen LogP contribution < -0.4 is 20.8 Å². The quantitative estimate of drug-likeness (QED) is 0.489. The summed E-state index contributed by atoms with van der Waals surface area (Å²) >= 11 is 0. The molecule has 3 heterocycles. The van der Waals surface area contributed by atoms with Crippen LogP contribution in [0.25, 0.3) is 10.9 Å². The zero-order chi connectivity index (χ0) is 26.6. The third-order valence-corrected chi connectivity index (χ3v) is 6.71. The number of aromatic nitrogens is 1. The van der Waals surface area contributed by atoms with Gasteiger partial charge in [0.25, 0.3) is 10.1 Å². The smallest absolute Gasteiger partial charge is 0.341 e. The Bertz CT molecular complexity index is 1370. The molecule has 1 aliphatic carbocycles. The molecular weight excluding hydrogens is 504 g/mol. The zero-order valence-corrected chi connectivity index (χ0v) is 20.4. The van der Waals surface area contributed by atoms with Gasteiger partial charge in [-0.05, 0) is 12.5 Å². The number of methoxy groups -OCH3 is 1. The molecule has 198 valence electrons. The minimum absolute atomic E-state index is 0.0753. The van der Waals surface area contributed by atoms with Crippen molar-refractivity contribution < 1.29 is 41.1 Å². The van der Waals surface area contributed by atoms with Gasteiger partial charge in [-0.25, -0.2) is 13.6 Å². The standard InChI is InChI=1S/C21H23F2N3O5.CH4O3S/c1-30-19-16-11(18(27)12(20(28)29)7-26(16)15-5-13(15)22)4-14(23)17(19)25-6-10-2-3-31-9-21(10,24)8-25;1-5(2,3)4/h4,7,10,13,15H,2-3,5-6,8-9,24H2,1H3,(H,28,29);1H3,(H,2,3,4)/t10-,13-,15+,21-;/m0./s1. The number of ether oxygens (including phenoxy) is 2. The maximum atomic E-state index is 15.4. The molecule has 5 rings (SSSR count). The first-order valence-corrected chi connectivity index (χ1v) is 13.0. The van der Waals surface area contributed by atoms with Gasteiger partial charge in [0.1, 0.15) is 17.4 Å². The molecule has 0 radical (unpaired) electrons. The van der Waals surface area contributed by atoms with Crippen molar-refractivity contribution in [2.45, 2.75) is 30.6 Å². The summed E-state index contributed by atoms with van der Waals surface area (Å²) in [6, 6.07) is 0.388. The van der Waals surface area contributed by atoms with E-state index in [4.69, 9.17) is 19.8 Å². The van der Waals surface area contributed by atoms with Crippen LogP contribution in [0.15, 0.2) is 17.1 Å². The van der Waals surface area contributed by atoms with Gasteiger partial charge in [-0.2, -0.15) is 8.42 Å². The van der Waals surface area contributed by atoms with Gasteiger partial charge < -0.3 is 29.8 Å². The molecule has 0 amide bonds. The molecule has 4 N–H and O–H groups in total. The highest BCUT2D eigenvalue weighted by Gasteiger charge is 2.47. The SMILES string of the molecule is COc1c(N2C[C@@H]3CCOC[C@@]3(N)C2)c(F)cc2c(=O)c(C(=O)O)cn([C@@H]3C[C@@H]3F)c12.CS(=O)(=O)O. The summed E-state index contributed by atoms with van der Waals surface area (Å²) in [6.07, 6.45) is 1.60. The minimum atomic E-state index is -3.67. The van der Waals surface area contributed by atoms with E-state index < -0.39 is 50.6 Å². The first-order chi connectivity index (χ1) is 16.7. The third kappa shape index (κ3) is 4.90. The lowest BCUT2D eigenvalue weighted by molar-refractivity contribution is 0.0203. The maximum absolute atomic E-state index is 15.4. The number of hydrogen-bond donors (Lipinski definition) is 3. The number of halogens is 2. The molecular formula is C22H27F2N3O8S. The fraction of sp³-hybridized carbons (Fsp3) is 0.545. The highest BCUT2D eigenvalue weighted by atomic mass is 32.2. The van der Waals surface area contributed by atoms with Crippen molar-refractivity contribution in [1.82, 2.24) is 4.57 Å². The second-order valence-electron chi connectivity index (χ2n) is 9.42. The van der Waals surface area contributed by atoms with Crippen molar-refractivity contribution in [1.29, 1.82) is 0 Å². The summed E-state index contributed by atoms with van der Waals surface area (Å²) in [7, 11) is -2.32. The largest absolute Gasteiger partial charge is 0.492 e. The normalized spacial score (nSPS) is 27.3. The van der Waals surface area contributed by atoms with Crippen molar-refractivity contribution in [2.24, 2.45) is 11.7 Å². The predicted molar refractivity (Wildman–Crippen MR) is 126 cm³/mol. The van der Waals surface area contributed by atoms with E-state index in [1.54, 1.807) is 4.90 Å². The minimum Gasteiger partial charge on any atom is -0.492 e. The molecule has 0 bridgehead atoms. The first kappa shape index (κ1) is 26.3. The van der Waals surface area contributed by atoms with Crippen molar-refractivity contribution in [3.63, 3.8) is 0 Å². The molecule has 1 saturated carbocycles. The third-order valence-electron chi connectivity index (χ3n) is 6.71. The summed E-state index contributed by atoms with van der Waals surface area (Å²) in [4.78, 5) is 26.2. The molecule has 2 aromatic rings. The number of carboxylic acid groups (broad SMARTS) is 1.